The Kier molecular flexibility index (Phi) is 5.99. The van der Waals surface area contributed by atoms with E-state index in [1.165, 1.54) is 11.6 Å². The smallest absolute Gasteiger partial charge is 0.148 e. The molecule has 2 aromatic carbocycles. The van der Waals surface area contributed by atoms with E-state index in [4.69, 9.17) is 4.74 Å². The molecule has 0 aliphatic carbocycles. The number of nitrogens with one attached hydrogen (secondary N) is 2. The summed E-state index contributed by atoms with van der Waals surface area (Å²) >= 11 is 0. The monoisotopic (exact) mass is 369 g/mol. The highest BCUT2D eigenvalue weighted by Gasteiger charge is 2.11. The van der Waals surface area contributed by atoms with E-state index in [2.05, 4.69) is 48.2 Å². The highest BCUT2D eigenvalue weighted by molar-refractivity contribution is 5.88. The van der Waals surface area contributed by atoms with Crippen molar-refractivity contribution >= 4 is 16.7 Å². The number of aromatic amines is 1. The van der Waals surface area contributed by atoms with Gasteiger partial charge >= 0.3 is 0 Å². The van der Waals surface area contributed by atoms with E-state index in [0.717, 1.165) is 54.1 Å². The molecule has 144 valence electrons. The lowest BCUT2D eigenvalue weighted by molar-refractivity contribution is 0.305. The molecule has 0 saturated carbocycles. The van der Waals surface area contributed by atoms with Gasteiger partial charge in [0.25, 0.3) is 0 Å². The van der Waals surface area contributed by atoms with Crippen molar-refractivity contribution in [2.75, 3.05) is 18.5 Å². The number of H-pyrrole nitrogens is 1. The van der Waals surface area contributed by atoms with Gasteiger partial charge in [-0.25, -0.2) is 9.37 Å². The zero-order valence-electron chi connectivity index (χ0n) is 16.6. The van der Waals surface area contributed by atoms with Crippen LogP contribution in [0.5, 0.6) is 5.75 Å². The summed E-state index contributed by atoms with van der Waals surface area (Å²) in [6.45, 7) is 9.59. The molecule has 0 unspecified atom stereocenters. The number of halogens is 1. The summed E-state index contributed by atoms with van der Waals surface area (Å²) in [5.74, 6) is 1.49. The van der Waals surface area contributed by atoms with Gasteiger partial charge in [-0.3, -0.25) is 0 Å². The van der Waals surface area contributed by atoms with Crippen LogP contribution in [-0.4, -0.2) is 23.1 Å². The third kappa shape index (κ3) is 4.41. The average Bonchev–Trinajstić information content (AvgIpc) is 3.00. The van der Waals surface area contributed by atoms with Gasteiger partial charge in [0.2, 0.25) is 0 Å². The maximum atomic E-state index is 14.3. The average molecular weight is 369 g/mol. The summed E-state index contributed by atoms with van der Waals surface area (Å²) < 4.78 is 20.2. The predicted octanol–water partition coefficient (Wildman–Crippen LogP) is 5.46. The number of imidazole rings is 1. The maximum Gasteiger partial charge on any atom is 0.148 e. The number of hydrogen-bond acceptors (Lipinski definition) is 3. The molecule has 0 aliphatic rings. The molecular formula is C22H28FN3O. The zero-order valence-corrected chi connectivity index (χ0v) is 16.6. The molecule has 0 bridgehead atoms. The third-order valence-corrected chi connectivity index (χ3v) is 4.70. The number of anilines is 1. The van der Waals surface area contributed by atoms with Crippen LogP contribution in [0.2, 0.25) is 0 Å². The Balaban J connectivity index is 1.68. The number of aromatic nitrogens is 2. The molecule has 2 N–H and O–H groups in total. The van der Waals surface area contributed by atoms with Crippen molar-refractivity contribution in [3.8, 4) is 5.75 Å². The zero-order chi connectivity index (χ0) is 19.4. The molecule has 3 rings (SSSR count). The van der Waals surface area contributed by atoms with Crippen LogP contribution in [0.15, 0.2) is 24.3 Å². The first-order valence-electron chi connectivity index (χ1n) is 9.61. The standard InChI is InChI=1S/C22H28FN3O/c1-5-6-11-27-22-14(2)12-17(13-15(22)3)9-10-24-20-18(23)7-8-19-21(20)26-16(4)25-19/h7-8,12-13,24H,5-6,9-11H2,1-4H3,(H,25,26). The van der Waals surface area contributed by atoms with Gasteiger partial charge in [0, 0.05) is 6.54 Å². The lowest BCUT2D eigenvalue weighted by Gasteiger charge is -2.14. The minimum absolute atomic E-state index is 0.277. The molecule has 0 saturated heterocycles. The van der Waals surface area contributed by atoms with E-state index in [9.17, 15) is 4.39 Å². The predicted molar refractivity (Wildman–Crippen MR) is 109 cm³/mol. The number of rotatable bonds is 8. The van der Waals surface area contributed by atoms with Crippen molar-refractivity contribution in [3.05, 3.63) is 52.6 Å². The summed E-state index contributed by atoms with van der Waals surface area (Å²) in [6.07, 6.45) is 2.99. The highest BCUT2D eigenvalue weighted by atomic mass is 19.1. The van der Waals surface area contributed by atoms with Gasteiger partial charge in [-0.2, -0.15) is 0 Å². The largest absolute Gasteiger partial charge is 0.493 e. The van der Waals surface area contributed by atoms with E-state index >= 15 is 0 Å². The molecule has 0 radical (unpaired) electrons. The number of aryl methyl sites for hydroxylation is 3. The third-order valence-electron chi connectivity index (χ3n) is 4.70. The summed E-state index contributed by atoms with van der Waals surface area (Å²) in [7, 11) is 0. The highest BCUT2D eigenvalue weighted by Crippen LogP contribution is 2.27. The van der Waals surface area contributed by atoms with E-state index in [-0.39, 0.29) is 5.82 Å². The minimum atomic E-state index is -0.277. The fraction of sp³-hybridized carbons (Fsp3) is 0.409. The molecular weight excluding hydrogens is 341 g/mol. The van der Waals surface area contributed by atoms with Crippen LogP contribution in [-0.2, 0) is 6.42 Å². The Bertz CT molecular complexity index is 910. The number of benzene rings is 2. The second-order valence-corrected chi connectivity index (χ2v) is 7.08. The van der Waals surface area contributed by atoms with Crippen molar-refractivity contribution in [3.63, 3.8) is 0 Å². The van der Waals surface area contributed by atoms with Gasteiger partial charge in [0.1, 0.15) is 22.9 Å². The van der Waals surface area contributed by atoms with Crippen molar-refractivity contribution in [2.45, 2.75) is 47.0 Å². The van der Waals surface area contributed by atoms with E-state index in [1.54, 1.807) is 6.07 Å². The fourth-order valence-electron chi connectivity index (χ4n) is 3.40. The number of hydrogen-bond donors (Lipinski definition) is 2. The molecule has 0 fully saturated rings. The molecule has 3 aromatic rings. The number of ether oxygens (including phenoxy) is 1. The first kappa shape index (κ1) is 19.2. The number of nitrogens with zero attached hydrogens (tertiary/aromatic N) is 1. The van der Waals surface area contributed by atoms with Gasteiger partial charge in [-0.15, -0.1) is 0 Å². The second-order valence-electron chi connectivity index (χ2n) is 7.08. The second kappa shape index (κ2) is 8.42. The molecule has 0 spiro atoms. The SMILES string of the molecule is CCCCOc1c(C)cc(CCNc2c(F)ccc3[nH]c(C)nc23)cc1C. The van der Waals surface area contributed by atoms with Crippen LogP contribution >= 0.6 is 0 Å². The summed E-state index contributed by atoms with van der Waals surface area (Å²) in [5, 5.41) is 3.22. The Hall–Kier alpha value is -2.56. The number of unbranched alkanes of at least 4 members (excludes halogenated alkanes) is 1. The van der Waals surface area contributed by atoms with Gasteiger partial charge in [0.15, 0.2) is 0 Å². The molecule has 27 heavy (non-hydrogen) atoms. The first-order valence-corrected chi connectivity index (χ1v) is 9.61. The van der Waals surface area contributed by atoms with Gasteiger partial charge in [0.05, 0.1) is 17.8 Å². The quantitative estimate of drug-likeness (QED) is 0.518. The number of fused-ring (bicyclic) bond motifs is 1. The van der Waals surface area contributed by atoms with Crippen molar-refractivity contribution < 1.29 is 9.13 Å². The molecule has 0 aliphatic heterocycles. The van der Waals surface area contributed by atoms with Crippen LogP contribution < -0.4 is 10.1 Å². The first-order chi connectivity index (χ1) is 13.0. The lowest BCUT2D eigenvalue weighted by atomic mass is 10.0. The fourth-order valence-corrected chi connectivity index (χ4v) is 3.40. The molecule has 1 aromatic heterocycles. The van der Waals surface area contributed by atoms with Gasteiger partial charge in [-0.1, -0.05) is 25.5 Å². The van der Waals surface area contributed by atoms with Crippen LogP contribution in [0.4, 0.5) is 10.1 Å². The Morgan fingerprint density at radius 1 is 1.15 bits per heavy atom. The van der Waals surface area contributed by atoms with Crippen LogP contribution in [0.3, 0.4) is 0 Å². The van der Waals surface area contributed by atoms with Crippen molar-refractivity contribution in [2.24, 2.45) is 0 Å². The van der Waals surface area contributed by atoms with E-state index < -0.39 is 0 Å². The lowest BCUT2D eigenvalue weighted by Crippen LogP contribution is -2.08. The van der Waals surface area contributed by atoms with E-state index in [1.807, 2.05) is 6.92 Å². The van der Waals surface area contributed by atoms with Gasteiger partial charge in [-0.05, 0) is 62.4 Å². The van der Waals surface area contributed by atoms with Crippen LogP contribution in [0, 0.1) is 26.6 Å². The van der Waals surface area contributed by atoms with Crippen molar-refractivity contribution in [1.29, 1.82) is 0 Å². The Morgan fingerprint density at radius 2 is 1.89 bits per heavy atom. The van der Waals surface area contributed by atoms with Crippen LogP contribution in [0.25, 0.3) is 11.0 Å². The molecule has 4 nitrogen and oxygen atoms in total. The van der Waals surface area contributed by atoms with Crippen LogP contribution in [0.1, 0.15) is 42.3 Å². The molecule has 0 atom stereocenters. The van der Waals surface area contributed by atoms with Crippen molar-refractivity contribution in [1.82, 2.24) is 9.97 Å². The summed E-state index contributed by atoms with van der Waals surface area (Å²) in [6, 6.07) is 7.51. The Morgan fingerprint density at radius 3 is 2.59 bits per heavy atom. The molecule has 5 heteroatoms. The molecule has 1 heterocycles. The normalized spacial score (nSPS) is 11.1. The topological polar surface area (TPSA) is 49.9 Å². The summed E-state index contributed by atoms with van der Waals surface area (Å²) in [4.78, 5) is 7.54. The van der Waals surface area contributed by atoms with E-state index in [0.29, 0.717) is 17.7 Å². The molecule has 0 amide bonds. The Labute approximate surface area is 160 Å². The minimum Gasteiger partial charge on any atom is -0.493 e. The summed E-state index contributed by atoms with van der Waals surface area (Å²) in [5.41, 5.74) is 5.47. The maximum absolute atomic E-state index is 14.3. The van der Waals surface area contributed by atoms with Gasteiger partial charge < -0.3 is 15.0 Å².